The van der Waals surface area contributed by atoms with E-state index in [1.807, 2.05) is 39.0 Å². The number of carbonyl (C=O) groups is 1. The molecule has 1 saturated heterocycles. The fraction of sp³-hybridized carbons (Fsp3) is 0.600. The Hall–Kier alpha value is -1.55. The molecule has 1 aromatic rings. The van der Waals surface area contributed by atoms with Gasteiger partial charge in [-0.1, -0.05) is 30.3 Å². The summed E-state index contributed by atoms with van der Waals surface area (Å²) in [4.78, 5) is 20.5. The van der Waals surface area contributed by atoms with Crippen molar-refractivity contribution in [3.8, 4) is 0 Å². The largest absolute Gasteiger partial charge is 0.444 e. The second kappa shape index (κ2) is 12.1. The zero-order valence-corrected chi connectivity index (χ0v) is 19.7. The molecular weight excluding hydrogens is 469 g/mol. The van der Waals surface area contributed by atoms with Gasteiger partial charge < -0.3 is 20.3 Å². The maximum atomic E-state index is 12.1. The first kappa shape index (κ1) is 24.5. The van der Waals surface area contributed by atoms with Crippen molar-refractivity contribution < 1.29 is 9.53 Å². The fourth-order valence-electron chi connectivity index (χ4n) is 2.82. The van der Waals surface area contributed by atoms with Crippen molar-refractivity contribution in [2.45, 2.75) is 32.9 Å². The second-order valence-corrected chi connectivity index (χ2v) is 7.65. The Morgan fingerprint density at radius 1 is 1.11 bits per heavy atom. The van der Waals surface area contributed by atoms with Crippen LogP contribution in [0.1, 0.15) is 26.3 Å². The Bertz CT molecular complexity index is 611. The van der Waals surface area contributed by atoms with Crippen LogP contribution in [0.15, 0.2) is 35.3 Å². The molecule has 7 nitrogen and oxygen atoms in total. The Morgan fingerprint density at radius 3 is 2.32 bits per heavy atom. The Labute approximate surface area is 185 Å². The predicted molar refractivity (Wildman–Crippen MR) is 124 cm³/mol. The van der Waals surface area contributed by atoms with E-state index < -0.39 is 5.60 Å². The quantitative estimate of drug-likeness (QED) is 0.367. The number of hydrogen-bond donors (Lipinski definition) is 2. The third kappa shape index (κ3) is 9.09. The highest BCUT2D eigenvalue weighted by molar-refractivity contribution is 14.0. The van der Waals surface area contributed by atoms with Crippen molar-refractivity contribution in [3.05, 3.63) is 35.9 Å². The number of benzene rings is 1. The molecule has 1 aliphatic heterocycles. The van der Waals surface area contributed by atoms with Crippen molar-refractivity contribution >= 4 is 36.0 Å². The van der Waals surface area contributed by atoms with E-state index in [9.17, 15) is 4.79 Å². The average molecular weight is 503 g/mol. The van der Waals surface area contributed by atoms with Gasteiger partial charge in [0, 0.05) is 52.9 Å². The summed E-state index contributed by atoms with van der Waals surface area (Å²) in [7, 11) is 1.78. The molecule has 0 saturated carbocycles. The van der Waals surface area contributed by atoms with Gasteiger partial charge in [0.2, 0.25) is 0 Å². The third-order valence-electron chi connectivity index (χ3n) is 4.27. The molecule has 8 heteroatoms. The summed E-state index contributed by atoms with van der Waals surface area (Å²) < 4.78 is 5.44. The maximum absolute atomic E-state index is 12.1. The molecule has 1 aromatic carbocycles. The lowest BCUT2D eigenvalue weighted by atomic mass is 10.2. The van der Waals surface area contributed by atoms with E-state index in [1.165, 1.54) is 5.56 Å². The average Bonchev–Trinajstić information content (AvgIpc) is 2.64. The molecule has 0 aromatic heterocycles. The molecule has 0 atom stereocenters. The number of piperazine rings is 1. The molecule has 0 bridgehead atoms. The molecule has 2 rings (SSSR count). The number of guanidine groups is 1. The highest BCUT2D eigenvalue weighted by atomic mass is 127. The molecule has 1 heterocycles. The van der Waals surface area contributed by atoms with E-state index in [2.05, 4.69) is 32.7 Å². The van der Waals surface area contributed by atoms with Gasteiger partial charge in [-0.3, -0.25) is 9.89 Å². The van der Waals surface area contributed by atoms with E-state index in [4.69, 9.17) is 4.74 Å². The Balaban J connectivity index is 0.00000392. The highest BCUT2D eigenvalue weighted by Crippen LogP contribution is 2.11. The van der Waals surface area contributed by atoms with Gasteiger partial charge in [0.1, 0.15) is 5.60 Å². The minimum absolute atomic E-state index is 0. The van der Waals surface area contributed by atoms with Crippen LogP contribution in [0.3, 0.4) is 0 Å². The van der Waals surface area contributed by atoms with E-state index in [0.29, 0.717) is 13.1 Å². The van der Waals surface area contributed by atoms with Crippen LogP contribution in [0.5, 0.6) is 0 Å². The Morgan fingerprint density at radius 2 is 1.75 bits per heavy atom. The molecule has 2 N–H and O–H groups in total. The summed E-state index contributed by atoms with van der Waals surface area (Å²) in [5, 5.41) is 6.66. The summed E-state index contributed by atoms with van der Waals surface area (Å²) in [6.45, 7) is 11.3. The van der Waals surface area contributed by atoms with Crippen LogP contribution in [0, 0.1) is 0 Å². The van der Waals surface area contributed by atoms with Gasteiger partial charge in [0.05, 0.1) is 0 Å². The molecule has 1 fully saturated rings. The van der Waals surface area contributed by atoms with Crippen LogP contribution in [0.25, 0.3) is 0 Å². The molecule has 0 unspecified atom stereocenters. The minimum atomic E-state index is -0.444. The first-order valence-corrected chi connectivity index (χ1v) is 9.56. The molecule has 1 amide bonds. The third-order valence-corrected chi connectivity index (χ3v) is 4.27. The van der Waals surface area contributed by atoms with E-state index in [0.717, 1.165) is 38.7 Å². The smallest absolute Gasteiger partial charge is 0.410 e. The van der Waals surface area contributed by atoms with Gasteiger partial charge in [0.25, 0.3) is 0 Å². The van der Waals surface area contributed by atoms with Crippen LogP contribution >= 0.6 is 24.0 Å². The highest BCUT2D eigenvalue weighted by Gasteiger charge is 2.25. The SMILES string of the molecule is CN=C(NCCN1CCN(C(=O)OC(C)(C)C)CC1)NCc1ccccc1.I. The van der Waals surface area contributed by atoms with Crippen LogP contribution in [-0.2, 0) is 11.3 Å². The summed E-state index contributed by atoms with van der Waals surface area (Å²) >= 11 is 0. The summed E-state index contributed by atoms with van der Waals surface area (Å²) in [5.74, 6) is 0.797. The first-order chi connectivity index (χ1) is 12.9. The lowest BCUT2D eigenvalue weighted by molar-refractivity contribution is 0.0147. The lowest BCUT2D eigenvalue weighted by Gasteiger charge is -2.35. The molecule has 158 valence electrons. The number of halogens is 1. The molecule has 0 spiro atoms. The summed E-state index contributed by atoms with van der Waals surface area (Å²) in [6, 6.07) is 10.3. The van der Waals surface area contributed by atoms with Crippen LogP contribution < -0.4 is 10.6 Å². The van der Waals surface area contributed by atoms with Crippen LogP contribution in [-0.4, -0.2) is 73.8 Å². The zero-order valence-electron chi connectivity index (χ0n) is 17.4. The van der Waals surface area contributed by atoms with Crippen molar-refractivity contribution in [3.63, 3.8) is 0 Å². The zero-order chi connectivity index (χ0) is 19.7. The standard InChI is InChI=1S/C20H33N5O2.HI/c1-20(2,3)27-19(26)25-14-12-24(13-15-25)11-10-22-18(21-4)23-16-17-8-6-5-7-9-17;/h5-9H,10-16H2,1-4H3,(H2,21,22,23);1H. The van der Waals surface area contributed by atoms with Gasteiger partial charge in [-0.25, -0.2) is 4.79 Å². The van der Waals surface area contributed by atoms with Gasteiger partial charge in [-0.2, -0.15) is 0 Å². The molecule has 1 aliphatic rings. The number of hydrogen-bond acceptors (Lipinski definition) is 4. The lowest BCUT2D eigenvalue weighted by Crippen LogP contribution is -2.51. The van der Waals surface area contributed by atoms with E-state index in [1.54, 1.807) is 11.9 Å². The van der Waals surface area contributed by atoms with Gasteiger partial charge in [0.15, 0.2) is 5.96 Å². The second-order valence-electron chi connectivity index (χ2n) is 7.65. The molecular formula is C20H34IN5O2. The molecule has 0 radical (unpaired) electrons. The minimum Gasteiger partial charge on any atom is -0.444 e. The van der Waals surface area contributed by atoms with Crippen LogP contribution in [0.4, 0.5) is 4.79 Å². The van der Waals surface area contributed by atoms with Crippen molar-refractivity contribution in [1.82, 2.24) is 20.4 Å². The molecule has 0 aliphatic carbocycles. The monoisotopic (exact) mass is 503 g/mol. The normalized spacial score (nSPS) is 15.6. The van der Waals surface area contributed by atoms with Gasteiger partial charge in [-0.05, 0) is 26.3 Å². The number of aliphatic imine (C=N–C) groups is 1. The topological polar surface area (TPSA) is 69.2 Å². The first-order valence-electron chi connectivity index (χ1n) is 9.56. The number of nitrogens with zero attached hydrogens (tertiary/aromatic N) is 3. The number of rotatable bonds is 5. The van der Waals surface area contributed by atoms with Gasteiger partial charge in [-0.15, -0.1) is 24.0 Å². The van der Waals surface area contributed by atoms with Crippen molar-refractivity contribution in [1.29, 1.82) is 0 Å². The fourth-order valence-corrected chi connectivity index (χ4v) is 2.82. The predicted octanol–water partition coefficient (Wildman–Crippen LogP) is 2.52. The van der Waals surface area contributed by atoms with E-state index >= 15 is 0 Å². The number of carbonyl (C=O) groups excluding carboxylic acids is 1. The number of nitrogens with one attached hydrogen (secondary N) is 2. The maximum Gasteiger partial charge on any atom is 0.410 e. The number of amides is 1. The van der Waals surface area contributed by atoms with E-state index in [-0.39, 0.29) is 30.1 Å². The number of ether oxygens (including phenoxy) is 1. The summed E-state index contributed by atoms with van der Waals surface area (Å²) in [5.41, 5.74) is 0.777. The summed E-state index contributed by atoms with van der Waals surface area (Å²) in [6.07, 6.45) is -0.217. The molecule has 28 heavy (non-hydrogen) atoms. The Kier molecular flexibility index (Phi) is 10.6. The van der Waals surface area contributed by atoms with Crippen molar-refractivity contribution in [2.75, 3.05) is 46.3 Å². The van der Waals surface area contributed by atoms with Crippen LogP contribution in [0.2, 0.25) is 0 Å². The van der Waals surface area contributed by atoms with Crippen molar-refractivity contribution in [2.24, 2.45) is 4.99 Å². The van der Waals surface area contributed by atoms with Gasteiger partial charge >= 0.3 is 6.09 Å².